The van der Waals surface area contributed by atoms with Crippen LogP contribution in [0.25, 0.3) is 15.9 Å². The molecule has 1 N–H and O–H groups in total. The number of rotatable bonds is 5. The number of para-hydroxylation sites is 1. The zero-order chi connectivity index (χ0) is 23.8. The van der Waals surface area contributed by atoms with E-state index in [0.29, 0.717) is 11.1 Å². The molecule has 174 valence electrons. The summed E-state index contributed by atoms with van der Waals surface area (Å²) in [5, 5.41) is 4.29. The molecule has 4 aromatic rings. The van der Waals surface area contributed by atoms with Gasteiger partial charge in [0.2, 0.25) is 5.91 Å². The SMILES string of the molecule is Cc1ccc(NC(=O)CSc2nc3sc4c(c3c(=O)n2-c2ccccc2)CC[C@@H](C)C4)c(C)c1. The zero-order valence-electron chi connectivity index (χ0n) is 19.6. The monoisotopic (exact) mass is 489 g/mol. The van der Waals surface area contributed by atoms with Crippen molar-refractivity contribution in [3.8, 4) is 5.69 Å². The van der Waals surface area contributed by atoms with Gasteiger partial charge in [0.25, 0.3) is 5.56 Å². The van der Waals surface area contributed by atoms with E-state index in [1.807, 2.05) is 62.4 Å². The molecule has 5 nitrogen and oxygen atoms in total. The van der Waals surface area contributed by atoms with E-state index in [1.54, 1.807) is 15.9 Å². The molecule has 2 aromatic carbocycles. The van der Waals surface area contributed by atoms with Gasteiger partial charge in [0.05, 0.1) is 16.8 Å². The summed E-state index contributed by atoms with van der Waals surface area (Å²) in [4.78, 5) is 33.5. The molecule has 0 fully saturated rings. The van der Waals surface area contributed by atoms with Crippen molar-refractivity contribution in [2.24, 2.45) is 5.92 Å². The van der Waals surface area contributed by atoms with Gasteiger partial charge in [-0.05, 0) is 68.4 Å². The fraction of sp³-hybridized carbons (Fsp3) is 0.296. The van der Waals surface area contributed by atoms with Crippen molar-refractivity contribution in [3.63, 3.8) is 0 Å². The Morgan fingerprint density at radius 2 is 2.00 bits per heavy atom. The summed E-state index contributed by atoms with van der Waals surface area (Å²) in [6.45, 7) is 6.28. The van der Waals surface area contributed by atoms with Gasteiger partial charge >= 0.3 is 0 Å². The van der Waals surface area contributed by atoms with Crippen LogP contribution in [0.3, 0.4) is 0 Å². The van der Waals surface area contributed by atoms with Crippen LogP contribution in [0, 0.1) is 19.8 Å². The second-order valence-corrected chi connectivity index (χ2v) is 11.1. The number of aryl methyl sites for hydroxylation is 3. The number of benzene rings is 2. The standard InChI is InChI=1S/C27H27N3O2S2/c1-16-10-12-21(18(3)13-16)28-23(31)15-33-27-29-25-24(20-11-9-17(2)14-22(20)34-25)26(32)30(27)19-7-5-4-6-8-19/h4-8,10,12-13,17H,9,11,14-15H2,1-3H3,(H,28,31)/t17-/m1/s1. The Morgan fingerprint density at radius 3 is 2.76 bits per heavy atom. The Morgan fingerprint density at radius 1 is 1.21 bits per heavy atom. The Bertz CT molecular complexity index is 1440. The van der Waals surface area contributed by atoms with Gasteiger partial charge in [-0.1, -0.05) is 54.6 Å². The summed E-state index contributed by atoms with van der Waals surface area (Å²) < 4.78 is 1.67. The topological polar surface area (TPSA) is 64.0 Å². The molecule has 0 bridgehead atoms. The molecule has 2 heterocycles. The number of hydrogen-bond acceptors (Lipinski definition) is 5. The maximum Gasteiger partial charge on any atom is 0.267 e. The number of thiophene rings is 1. The fourth-order valence-corrected chi connectivity index (χ4v) is 6.78. The van der Waals surface area contributed by atoms with Crippen LogP contribution < -0.4 is 10.9 Å². The summed E-state index contributed by atoms with van der Waals surface area (Å²) in [6, 6.07) is 15.5. The predicted octanol–water partition coefficient (Wildman–Crippen LogP) is 5.92. The zero-order valence-corrected chi connectivity index (χ0v) is 21.2. The van der Waals surface area contributed by atoms with Gasteiger partial charge in [0.1, 0.15) is 4.83 Å². The van der Waals surface area contributed by atoms with E-state index >= 15 is 0 Å². The molecule has 0 aliphatic heterocycles. The number of aromatic nitrogens is 2. The van der Waals surface area contributed by atoms with Crippen molar-refractivity contribution in [3.05, 3.63) is 80.5 Å². The molecule has 1 amide bonds. The third-order valence-electron chi connectivity index (χ3n) is 6.30. The van der Waals surface area contributed by atoms with Crippen LogP contribution in [-0.2, 0) is 17.6 Å². The van der Waals surface area contributed by atoms with Crippen LogP contribution in [0.2, 0.25) is 0 Å². The molecule has 2 aromatic heterocycles. The average Bonchev–Trinajstić information content (AvgIpc) is 3.17. The number of anilines is 1. The van der Waals surface area contributed by atoms with E-state index in [-0.39, 0.29) is 17.2 Å². The van der Waals surface area contributed by atoms with Crippen molar-refractivity contribution in [1.82, 2.24) is 9.55 Å². The van der Waals surface area contributed by atoms with Crippen LogP contribution in [0.1, 0.15) is 34.9 Å². The summed E-state index contributed by atoms with van der Waals surface area (Å²) in [5.74, 6) is 0.671. The number of hydrogen-bond donors (Lipinski definition) is 1. The molecule has 5 rings (SSSR count). The van der Waals surface area contributed by atoms with E-state index in [0.717, 1.165) is 52.0 Å². The smallest absolute Gasteiger partial charge is 0.267 e. The van der Waals surface area contributed by atoms with Crippen molar-refractivity contribution < 1.29 is 4.79 Å². The highest BCUT2D eigenvalue weighted by atomic mass is 32.2. The van der Waals surface area contributed by atoms with Gasteiger partial charge in [-0.15, -0.1) is 11.3 Å². The molecule has 0 saturated carbocycles. The van der Waals surface area contributed by atoms with Gasteiger partial charge < -0.3 is 5.32 Å². The largest absolute Gasteiger partial charge is 0.325 e. The maximum atomic E-state index is 13.8. The highest BCUT2D eigenvalue weighted by molar-refractivity contribution is 7.99. The predicted molar refractivity (Wildman–Crippen MR) is 142 cm³/mol. The van der Waals surface area contributed by atoms with Gasteiger partial charge in [-0.25, -0.2) is 4.98 Å². The molecular weight excluding hydrogens is 462 g/mol. The van der Waals surface area contributed by atoms with Crippen LogP contribution in [0.4, 0.5) is 5.69 Å². The first-order valence-electron chi connectivity index (χ1n) is 11.5. The summed E-state index contributed by atoms with van der Waals surface area (Å²) >= 11 is 2.94. The van der Waals surface area contributed by atoms with E-state index in [1.165, 1.54) is 22.2 Å². The van der Waals surface area contributed by atoms with E-state index in [9.17, 15) is 9.59 Å². The van der Waals surface area contributed by atoms with Crippen LogP contribution in [0.15, 0.2) is 58.5 Å². The average molecular weight is 490 g/mol. The number of nitrogens with one attached hydrogen (secondary N) is 1. The molecule has 0 spiro atoms. The second-order valence-electron chi connectivity index (χ2n) is 9.06. The lowest BCUT2D eigenvalue weighted by atomic mass is 9.89. The minimum absolute atomic E-state index is 0.0412. The third-order valence-corrected chi connectivity index (χ3v) is 8.39. The molecule has 0 radical (unpaired) electrons. The lowest BCUT2D eigenvalue weighted by molar-refractivity contribution is -0.113. The Balaban J connectivity index is 1.50. The quantitative estimate of drug-likeness (QED) is 0.279. The van der Waals surface area contributed by atoms with Gasteiger partial charge in [-0.3, -0.25) is 14.2 Å². The molecule has 0 unspecified atom stereocenters. The molecule has 1 atom stereocenters. The van der Waals surface area contributed by atoms with Gasteiger partial charge in [0.15, 0.2) is 5.16 Å². The number of carbonyl (C=O) groups excluding carboxylic acids is 1. The number of amides is 1. The van der Waals surface area contributed by atoms with E-state index in [4.69, 9.17) is 4.98 Å². The summed E-state index contributed by atoms with van der Waals surface area (Å²) in [5.41, 5.74) is 4.88. The minimum atomic E-state index is -0.120. The van der Waals surface area contributed by atoms with Crippen molar-refractivity contribution >= 4 is 44.9 Å². The summed E-state index contributed by atoms with van der Waals surface area (Å²) in [7, 11) is 0. The van der Waals surface area contributed by atoms with Crippen molar-refractivity contribution in [1.29, 1.82) is 0 Å². The Hall–Kier alpha value is -2.90. The molecular formula is C27H27N3O2S2. The second kappa shape index (κ2) is 9.39. The lowest BCUT2D eigenvalue weighted by Crippen LogP contribution is -2.23. The number of nitrogens with zero attached hydrogens (tertiary/aromatic N) is 2. The molecule has 1 aliphatic carbocycles. The number of carbonyl (C=O) groups is 1. The molecule has 0 saturated heterocycles. The number of fused-ring (bicyclic) bond motifs is 3. The van der Waals surface area contributed by atoms with Crippen molar-refractivity contribution in [2.75, 3.05) is 11.1 Å². The van der Waals surface area contributed by atoms with Gasteiger partial charge in [-0.2, -0.15) is 0 Å². The minimum Gasteiger partial charge on any atom is -0.325 e. The van der Waals surface area contributed by atoms with Crippen LogP contribution in [0.5, 0.6) is 0 Å². The molecule has 1 aliphatic rings. The van der Waals surface area contributed by atoms with E-state index < -0.39 is 0 Å². The van der Waals surface area contributed by atoms with E-state index in [2.05, 4.69) is 12.2 Å². The van der Waals surface area contributed by atoms with Crippen LogP contribution in [-0.4, -0.2) is 21.2 Å². The fourth-order valence-electron chi connectivity index (χ4n) is 4.54. The normalized spacial score (nSPS) is 15.3. The highest BCUT2D eigenvalue weighted by Crippen LogP contribution is 2.37. The summed E-state index contributed by atoms with van der Waals surface area (Å²) in [6.07, 6.45) is 3.02. The third kappa shape index (κ3) is 4.42. The first-order chi connectivity index (χ1) is 16.4. The first-order valence-corrected chi connectivity index (χ1v) is 13.3. The Labute approximate surface area is 207 Å². The number of thioether (sulfide) groups is 1. The Kier molecular flexibility index (Phi) is 6.32. The maximum absolute atomic E-state index is 13.8. The van der Waals surface area contributed by atoms with Crippen LogP contribution >= 0.6 is 23.1 Å². The van der Waals surface area contributed by atoms with Crippen molar-refractivity contribution in [2.45, 2.75) is 45.2 Å². The lowest BCUT2D eigenvalue weighted by Gasteiger charge is -2.17. The molecule has 7 heteroatoms. The van der Waals surface area contributed by atoms with Gasteiger partial charge in [0, 0.05) is 10.6 Å². The highest BCUT2D eigenvalue weighted by Gasteiger charge is 2.25. The first kappa shape index (κ1) is 22.9. The molecule has 34 heavy (non-hydrogen) atoms.